The molecule has 0 unspecified atom stereocenters. The second kappa shape index (κ2) is 3.21. The van der Waals surface area contributed by atoms with Gasteiger partial charge in [-0.1, -0.05) is 17.0 Å². The molecule has 2 N–H and O–H groups in total. The SMILES string of the molecule is [NH]C(=O)CSc1cnn[nH]1. The van der Waals surface area contributed by atoms with Gasteiger partial charge in [0.15, 0.2) is 0 Å². The number of carbonyl (C=O) groups excluding carboxylic acids is 1. The highest BCUT2D eigenvalue weighted by Gasteiger charge is 1.98. The van der Waals surface area contributed by atoms with Gasteiger partial charge < -0.3 is 0 Å². The van der Waals surface area contributed by atoms with Gasteiger partial charge in [0.1, 0.15) is 5.03 Å². The highest BCUT2D eigenvalue weighted by Crippen LogP contribution is 2.10. The average Bonchev–Trinajstić information content (AvgIpc) is 2.34. The van der Waals surface area contributed by atoms with Crippen LogP contribution in [0.5, 0.6) is 0 Å². The Morgan fingerprint density at radius 1 is 1.90 bits per heavy atom. The third-order valence-corrected chi connectivity index (χ3v) is 1.67. The minimum atomic E-state index is -0.598. The predicted molar refractivity (Wildman–Crippen MR) is 35.2 cm³/mol. The lowest BCUT2D eigenvalue weighted by molar-refractivity contribution is -0.116. The first-order chi connectivity index (χ1) is 4.79. The molecular formula is C4H5N4OS. The molecule has 1 amide bonds. The maximum atomic E-state index is 10.1. The third kappa shape index (κ3) is 2.06. The molecular weight excluding hydrogens is 152 g/mol. The van der Waals surface area contributed by atoms with Gasteiger partial charge in [-0.15, -0.1) is 5.10 Å². The molecule has 0 aliphatic rings. The Morgan fingerprint density at radius 3 is 3.20 bits per heavy atom. The summed E-state index contributed by atoms with van der Waals surface area (Å²) in [6, 6.07) is 0. The molecule has 1 aromatic heterocycles. The van der Waals surface area contributed by atoms with Crippen LogP contribution in [0.3, 0.4) is 0 Å². The maximum absolute atomic E-state index is 10.1. The summed E-state index contributed by atoms with van der Waals surface area (Å²) in [6.07, 6.45) is 1.51. The Morgan fingerprint density at radius 2 is 2.70 bits per heavy atom. The fraction of sp³-hybridized carbons (Fsp3) is 0.250. The summed E-state index contributed by atoms with van der Waals surface area (Å²) in [5.41, 5.74) is 6.57. The van der Waals surface area contributed by atoms with E-state index in [2.05, 4.69) is 15.4 Å². The van der Waals surface area contributed by atoms with E-state index in [0.29, 0.717) is 5.03 Å². The lowest BCUT2D eigenvalue weighted by atomic mass is 10.8. The molecule has 6 heteroatoms. The predicted octanol–water partition coefficient (Wildman–Crippen LogP) is -0.294. The van der Waals surface area contributed by atoms with Crippen LogP contribution in [0.2, 0.25) is 0 Å². The molecule has 1 heterocycles. The van der Waals surface area contributed by atoms with Crippen LogP contribution in [0.25, 0.3) is 0 Å². The van der Waals surface area contributed by atoms with Crippen molar-refractivity contribution in [3.05, 3.63) is 6.20 Å². The Labute approximate surface area is 61.4 Å². The normalized spacial score (nSPS) is 9.60. The van der Waals surface area contributed by atoms with Gasteiger partial charge in [-0.25, -0.2) is 0 Å². The molecule has 1 radical (unpaired) electrons. The Balaban J connectivity index is 2.35. The molecule has 53 valence electrons. The number of aromatic amines is 1. The number of aromatic nitrogens is 3. The first-order valence-electron chi connectivity index (χ1n) is 2.52. The number of thioether (sulfide) groups is 1. The van der Waals surface area contributed by atoms with Crippen molar-refractivity contribution in [1.29, 1.82) is 0 Å². The monoisotopic (exact) mass is 157 g/mol. The molecule has 5 nitrogen and oxygen atoms in total. The van der Waals surface area contributed by atoms with Crippen LogP contribution in [-0.2, 0) is 4.79 Å². The smallest absolute Gasteiger partial charge is 0.248 e. The van der Waals surface area contributed by atoms with Gasteiger partial charge in [-0.2, -0.15) is 0 Å². The van der Waals surface area contributed by atoms with Gasteiger partial charge in [-0.05, 0) is 0 Å². The van der Waals surface area contributed by atoms with E-state index in [4.69, 9.17) is 5.73 Å². The Kier molecular flexibility index (Phi) is 2.27. The summed E-state index contributed by atoms with van der Waals surface area (Å²) in [5, 5.41) is 10.2. The van der Waals surface area contributed by atoms with Crippen LogP contribution in [0.4, 0.5) is 0 Å². The van der Waals surface area contributed by atoms with Crippen molar-refractivity contribution in [2.24, 2.45) is 0 Å². The van der Waals surface area contributed by atoms with Crippen molar-refractivity contribution < 1.29 is 4.79 Å². The average molecular weight is 157 g/mol. The molecule has 0 spiro atoms. The van der Waals surface area contributed by atoms with E-state index in [-0.39, 0.29) is 5.75 Å². The Hall–Kier alpha value is -1.04. The highest BCUT2D eigenvalue weighted by atomic mass is 32.2. The second-order valence-electron chi connectivity index (χ2n) is 1.53. The zero-order valence-electron chi connectivity index (χ0n) is 5.00. The van der Waals surface area contributed by atoms with E-state index in [0.717, 1.165) is 0 Å². The molecule has 0 bridgehead atoms. The zero-order chi connectivity index (χ0) is 7.40. The molecule has 0 atom stereocenters. The summed E-state index contributed by atoms with van der Waals surface area (Å²) in [6.45, 7) is 0. The van der Waals surface area contributed by atoms with Gasteiger partial charge in [0.2, 0.25) is 5.91 Å². The van der Waals surface area contributed by atoms with Crippen LogP contribution in [0.15, 0.2) is 11.2 Å². The summed E-state index contributed by atoms with van der Waals surface area (Å²) in [4.78, 5) is 10.1. The summed E-state index contributed by atoms with van der Waals surface area (Å²) in [5.74, 6) is -0.455. The highest BCUT2D eigenvalue weighted by molar-refractivity contribution is 7.99. The van der Waals surface area contributed by atoms with E-state index in [1.54, 1.807) is 0 Å². The number of H-pyrrole nitrogens is 1. The van der Waals surface area contributed by atoms with Gasteiger partial charge >= 0.3 is 0 Å². The lowest BCUT2D eigenvalue weighted by Gasteiger charge is -1.88. The number of nitrogens with one attached hydrogen (secondary N) is 2. The van der Waals surface area contributed by atoms with Crippen LogP contribution in [0.1, 0.15) is 0 Å². The molecule has 0 aliphatic heterocycles. The minimum absolute atomic E-state index is 0.143. The molecule has 0 saturated heterocycles. The van der Waals surface area contributed by atoms with Crippen molar-refractivity contribution >= 4 is 17.7 Å². The van der Waals surface area contributed by atoms with Crippen molar-refractivity contribution in [3.63, 3.8) is 0 Å². The third-order valence-electron chi connectivity index (χ3n) is 0.752. The fourth-order valence-electron chi connectivity index (χ4n) is 0.401. The molecule has 0 saturated carbocycles. The molecule has 10 heavy (non-hydrogen) atoms. The number of hydrogen-bond donors (Lipinski definition) is 1. The summed E-state index contributed by atoms with van der Waals surface area (Å²) in [7, 11) is 0. The van der Waals surface area contributed by atoms with Crippen molar-refractivity contribution in [3.8, 4) is 0 Å². The Bertz CT molecular complexity index is 209. The molecule has 0 aliphatic carbocycles. The van der Waals surface area contributed by atoms with E-state index < -0.39 is 5.91 Å². The van der Waals surface area contributed by atoms with E-state index in [1.807, 2.05) is 0 Å². The van der Waals surface area contributed by atoms with E-state index >= 15 is 0 Å². The number of rotatable bonds is 3. The topological polar surface area (TPSA) is 82.4 Å². The fourth-order valence-corrected chi connectivity index (χ4v) is 0.915. The quantitative estimate of drug-likeness (QED) is 0.611. The van der Waals surface area contributed by atoms with Crippen molar-refractivity contribution in [1.82, 2.24) is 21.1 Å². The largest absolute Gasteiger partial charge is 0.272 e. The van der Waals surface area contributed by atoms with E-state index in [1.165, 1.54) is 18.0 Å². The van der Waals surface area contributed by atoms with Crippen molar-refractivity contribution in [2.45, 2.75) is 5.03 Å². The number of carbonyl (C=O) groups is 1. The van der Waals surface area contributed by atoms with Gasteiger partial charge in [-0.3, -0.25) is 15.6 Å². The lowest BCUT2D eigenvalue weighted by Crippen LogP contribution is -2.00. The van der Waals surface area contributed by atoms with Crippen molar-refractivity contribution in [2.75, 3.05) is 5.75 Å². The number of nitrogens with zero attached hydrogens (tertiary/aromatic N) is 2. The number of hydrogen-bond acceptors (Lipinski definition) is 4. The first-order valence-corrected chi connectivity index (χ1v) is 3.51. The van der Waals surface area contributed by atoms with Crippen LogP contribution < -0.4 is 5.73 Å². The minimum Gasteiger partial charge on any atom is -0.272 e. The molecule has 1 aromatic rings. The van der Waals surface area contributed by atoms with Gasteiger partial charge in [0, 0.05) is 0 Å². The van der Waals surface area contributed by atoms with Crippen LogP contribution in [0, 0.1) is 0 Å². The summed E-state index contributed by atoms with van der Waals surface area (Å²) < 4.78 is 0. The second-order valence-corrected chi connectivity index (χ2v) is 2.55. The number of amides is 1. The maximum Gasteiger partial charge on any atom is 0.248 e. The van der Waals surface area contributed by atoms with Crippen LogP contribution in [-0.4, -0.2) is 27.1 Å². The zero-order valence-corrected chi connectivity index (χ0v) is 5.81. The standard InChI is InChI=1S/C4H5N4OS/c5-3(9)2-10-4-1-6-8-7-4/h1,5H,2H2,(H,6,7,8). The van der Waals surface area contributed by atoms with Gasteiger partial charge in [0.05, 0.1) is 11.9 Å². The summed E-state index contributed by atoms with van der Waals surface area (Å²) >= 11 is 1.22. The van der Waals surface area contributed by atoms with Crippen LogP contribution >= 0.6 is 11.8 Å². The molecule has 1 rings (SSSR count). The van der Waals surface area contributed by atoms with Gasteiger partial charge in [0.25, 0.3) is 0 Å². The first kappa shape index (κ1) is 7.07. The molecule has 0 aromatic carbocycles. The van der Waals surface area contributed by atoms with E-state index in [9.17, 15) is 4.79 Å². The molecule has 0 fully saturated rings.